The first kappa shape index (κ1) is 51.9. The first-order chi connectivity index (χ1) is 30.3. The smallest absolute Gasteiger partial charge is 0.187 e. The van der Waals surface area contributed by atoms with Crippen molar-refractivity contribution in [2.45, 2.75) is 217 Å². The van der Waals surface area contributed by atoms with Gasteiger partial charge in [-0.15, -0.1) is 0 Å². The van der Waals surface area contributed by atoms with E-state index in [1.54, 1.807) is 0 Å². The summed E-state index contributed by atoms with van der Waals surface area (Å²) in [5, 5.41) is 130. The van der Waals surface area contributed by atoms with Gasteiger partial charge in [-0.1, -0.05) is 46.3 Å². The number of hydrogen-bond acceptors (Lipinski definition) is 18. The van der Waals surface area contributed by atoms with Crippen LogP contribution in [-0.2, 0) is 28.4 Å². The Hall–Kier alpha value is -0.980. The standard InChI is InChI=1S/C47H80O18/c1-21(2)10-9-13-47(8,65-42-38(59)35(56)33(54)27(63-42)20-61-40-36(57)31(52)25(51)19-60-40)22-11-14-46(7)30(22)23(49)16-29-44(5)17-24(50)39(43(3,4)28(44)12-15-45(29,46)6)64-41-37(58)34(55)32(53)26(18-48)62-41/h10,22-42,48-59H,9,11-20H2,1-8H3/t22-,23+,24+,25+,26+,27+,28-,29+,30-,31-,32+,33+,34-,35-,36+,37+,38+,39-,40-,41-,42-,44-,45+,46+,47-/m0/s1. The largest absolute Gasteiger partial charge is 0.394 e. The van der Waals surface area contributed by atoms with Crippen LogP contribution in [-0.4, -0.2) is 191 Å². The van der Waals surface area contributed by atoms with Crippen LogP contribution in [0.3, 0.4) is 0 Å². The monoisotopic (exact) mass is 933 g/mol. The van der Waals surface area contributed by atoms with Gasteiger partial charge >= 0.3 is 0 Å². The molecule has 0 aromatic heterocycles. The summed E-state index contributed by atoms with van der Waals surface area (Å²) in [4.78, 5) is 0. The van der Waals surface area contributed by atoms with Gasteiger partial charge in [0.1, 0.15) is 67.1 Å². The van der Waals surface area contributed by atoms with Gasteiger partial charge < -0.3 is 89.7 Å². The van der Waals surface area contributed by atoms with Crippen LogP contribution in [0.2, 0.25) is 0 Å². The zero-order chi connectivity index (χ0) is 47.9. The minimum absolute atomic E-state index is 0.00169. The number of aliphatic hydroxyl groups excluding tert-OH is 12. The van der Waals surface area contributed by atoms with Gasteiger partial charge in [0.05, 0.1) is 43.7 Å². The van der Waals surface area contributed by atoms with Crippen molar-refractivity contribution in [2.24, 2.45) is 45.3 Å². The summed E-state index contributed by atoms with van der Waals surface area (Å²) in [7, 11) is 0. The molecule has 12 N–H and O–H groups in total. The molecular weight excluding hydrogens is 852 g/mol. The molecule has 3 saturated heterocycles. The Morgan fingerprint density at radius 1 is 0.677 bits per heavy atom. The van der Waals surface area contributed by atoms with E-state index in [0.29, 0.717) is 32.1 Å². The third kappa shape index (κ3) is 8.83. The van der Waals surface area contributed by atoms with Crippen LogP contribution >= 0.6 is 0 Å². The van der Waals surface area contributed by atoms with Crippen molar-refractivity contribution in [3.63, 3.8) is 0 Å². The molecule has 0 unspecified atom stereocenters. The van der Waals surface area contributed by atoms with Crippen molar-refractivity contribution in [3.8, 4) is 0 Å². The zero-order valence-corrected chi connectivity index (χ0v) is 39.3. The van der Waals surface area contributed by atoms with E-state index in [4.69, 9.17) is 28.4 Å². The molecule has 4 aliphatic carbocycles. The van der Waals surface area contributed by atoms with Crippen LogP contribution < -0.4 is 0 Å². The highest BCUT2D eigenvalue weighted by atomic mass is 16.7. The Kier molecular flexibility index (Phi) is 15.1. The maximum atomic E-state index is 12.7. The normalized spacial score (nSPS) is 53.0. The van der Waals surface area contributed by atoms with Gasteiger partial charge in [0.2, 0.25) is 0 Å². The maximum Gasteiger partial charge on any atom is 0.187 e. The molecule has 3 aliphatic heterocycles. The zero-order valence-electron chi connectivity index (χ0n) is 39.3. The van der Waals surface area contributed by atoms with Gasteiger partial charge in [-0.2, -0.15) is 0 Å². The van der Waals surface area contributed by atoms with E-state index in [1.165, 1.54) is 0 Å². The highest BCUT2D eigenvalue weighted by Gasteiger charge is 2.73. The van der Waals surface area contributed by atoms with E-state index in [2.05, 4.69) is 26.8 Å². The molecule has 7 aliphatic rings. The average molecular weight is 933 g/mol. The second-order valence-electron chi connectivity index (χ2n) is 22.7. The third-order valence-electron chi connectivity index (χ3n) is 18.3. The van der Waals surface area contributed by atoms with Crippen LogP contribution in [0.5, 0.6) is 0 Å². The van der Waals surface area contributed by atoms with Crippen LogP contribution in [0.1, 0.15) is 107 Å². The highest BCUT2D eigenvalue weighted by molar-refractivity contribution is 5.21. The second kappa shape index (κ2) is 19.0. The van der Waals surface area contributed by atoms with Crippen molar-refractivity contribution < 1.29 is 89.7 Å². The lowest BCUT2D eigenvalue weighted by Crippen LogP contribution is -2.69. The fraction of sp³-hybridized carbons (Fsp3) is 0.957. The molecule has 0 aromatic rings. The van der Waals surface area contributed by atoms with Gasteiger partial charge in [0.15, 0.2) is 18.9 Å². The minimum Gasteiger partial charge on any atom is -0.394 e. The molecule has 65 heavy (non-hydrogen) atoms. The summed E-state index contributed by atoms with van der Waals surface area (Å²) < 4.78 is 36.2. The van der Waals surface area contributed by atoms with E-state index in [-0.39, 0.29) is 35.7 Å². The molecule has 0 radical (unpaired) electrons. The molecule has 18 nitrogen and oxygen atoms in total. The molecule has 0 spiro atoms. The number of fused-ring (bicyclic) bond motifs is 5. The Bertz CT molecular complexity index is 1660. The topological polar surface area (TPSA) is 298 Å². The second-order valence-corrected chi connectivity index (χ2v) is 22.7. The van der Waals surface area contributed by atoms with E-state index in [1.807, 2.05) is 34.6 Å². The number of ether oxygens (including phenoxy) is 6. The summed E-state index contributed by atoms with van der Waals surface area (Å²) in [6.07, 6.45) is -16.4. The van der Waals surface area contributed by atoms with Crippen LogP contribution in [0.15, 0.2) is 11.6 Å². The molecule has 376 valence electrons. The predicted octanol–water partition coefficient (Wildman–Crippen LogP) is -0.417. The van der Waals surface area contributed by atoms with Gasteiger partial charge in [-0.05, 0) is 117 Å². The van der Waals surface area contributed by atoms with Crippen LogP contribution in [0, 0.1) is 45.3 Å². The quantitative estimate of drug-likeness (QED) is 0.0874. The molecule has 7 fully saturated rings. The molecular formula is C47H80O18. The Balaban J connectivity index is 1.12. The fourth-order valence-electron chi connectivity index (χ4n) is 14.7. The summed E-state index contributed by atoms with van der Waals surface area (Å²) in [5.41, 5.74) is -1.79. The van der Waals surface area contributed by atoms with Gasteiger partial charge in [-0.25, -0.2) is 0 Å². The van der Waals surface area contributed by atoms with Crippen LogP contribution in [0.25, 0.3) is 0 Å². The maximum absolute atomic E-state index is 12.7. The van der Waals surface area contributed by atoms with E-state index >= 15 is 0 Å². The summed E-state index contributed by atoms with van der Waals surface area (Å²) in [5.74, 6) is -0.525. The Morgan fingerprint density at radius 2 is 1.28 bits per heavy atom. The number of aliphatic hydroxyl groups is 12. The molecule has 25 atom stereocenters. The third-order valence-corrected chi connectivity index (χ3v) is 18.3. The molecule has 0 bridgehead atoms. The van der Waals surface area contributed by atoms with Crippen LogP contribution in [0.4, 0.5) is 0 Å². The van der Waals surface area contributed by atoms with Gasteiger partial charge in [0.25, 0.3) is 0 Å². The lowest BCUT2D eigenvalue weighted by Gasteiger charge is -2.71. The van der Waals surface area contributed by atoms with Crippen molar-refractivity contribution in [1.29, 1.82) is 0 Å². The minimum atomic E-state index is -1.70. The van der Waals surface area contributed by atoms with Crippen molar-refractivity contribution in [2.75, 3.05) is 19.8 Å². The van der Waals surface area contributed by atoms with Gasteiger partial charge in [-0.3, -0.25) is 0 Å². The summed E-state index contributed by atoms with van der Waals surface area (Å²) >= 11 is 0. The molecule has 0 aromatic carbocycles. The molecule has 7 rings (SSSR count). The first-order valence-corrected chi connectivity index (χ1v) is 23.9. The Labute approximate surface area is 382 Å². The number of rotatable bonds is 12. The molecule has 0 amide bonds. The average Bonchev–Trinajstić information content (AvgIpc) is 3.62. The van der Waals surface area contributed by atoms with Crippen molar-refractivity contribution in [1.82, 2.24) is 0 Å². The van der Waals surface area contributed by atoms with E-state index in [0.717, 1.165) is 24.8 Å². The summed E-state index contributed by atoms with van der Waals surface area (Å²) in [6, 6.07) is 0. The SMILES string of the molecule is CC(C)=CCC[C@](C)(O[C@@H]1O[C@H](CO[C@@H]2OC[C@@H](O)[C@H](O)[C@H]2O)[C@@H](O)[C@H](O)[C@H]1O)[C@H]1CC[C@]2(C)[C@@H]1[C@H](O)C[C@@H]1[C@@]3(C)C[C@@H](O)[C@H](O[C@@H]4O[C@H](CO)[C@@H](O)[C@H](O)[C@H]4O)C(C)(C)[C@@H]3CC[C@]12C. The van der Waals surface area contributed by atoms with E-state index in [9.17, 15) is 61.3 Å². The number of allylic oxidation sites excluding steroid dienone is 2. The summed E-state index contributed by atoms with van der Waals surface area (Å²) in [6.45, 7) is 15.6. The number of hydrogen-bond donors (Lipinski definition) is 12. The first-order valence-electron chi connectivity index (χ1n) is 23.9. The van der Waals surface area contributed by atoms with Gasteiger partial charge in [0, 0.05) is 0 Å². The van der Waals surface area contributed by atoms with Crippen molar-refractivity contribution in [3.05, 3.63) is 11.6 Å². The lowest BCUT2D eigenvalue weighted by molar-refractivity contribution is -0.348. The predicted molar refractivity (Wildman–Crippen MR) is 229 cm³/mol. The molecule has 18 heteroatoms. The Morgan fingerprint density at radius 3 is 1.92 bits per heavy atom. The fourth-order valence-corrected chi connectivity index (χ4v) is 14.7. The van der Waals surface area contributed by atoms with Crippen molar-refractivity contribution >= 4 is 0 Å². The highest BCUT2D eigenvalue weighted by Crippen LogP contribution is 2.76. The van der Waals surface area contributed by atoms with E-state index < -0.39 is 139 Å². The molecule has 4 saturated carbocycles. The lowest BCUT2D eigenvalue weighted by atomic mass is 9.35. The molecule has 3 heterocycles.